The minimum absolute atomic E-state index is 0.0259. The molecule has 0 amide bonds. The van der Waals surface area contributed by atoms with E-state index in [2.05, 4.69) is 32.1 Å². The van der Waals surface area contributed by atoms with Gasteiger partial charge in [-0.1, -0.05) is 50.3 Å². The van der Waals surface area contributed by atoms with E-state index >= 15 is 0 Å². The highest BCUT2D eigenvalue weighted by Crippen LogP contribution is 2.38. The Hall–Kier alpha value is -1.97. The summed E-state index contributed by atoms with van der Waals surface area (Å²) in [7, 11) is 0. The lowest BCUT2D eigenvalue weighted by molar-refractivity contribution is -0.151. The summed E-state index contributed by atoms with van der Waals surface area (Å²) in [6, 6.07) is 8.28. The van der Waals surface area contributed by atoms with Gasteiger partial charge in [0.2, 0.25) is 0 Å². The van der Waals surface area contributed by atoms with Crippen LogP contribution in [0.15, 0.2) is 36.1 Å². The first-order chi connectivity index (χ1) is 18.1. The van der Waals surface area contributed by atoms with Crippen LogP contribution in [0.4, 0.5) is 0 Å². The highest BCUT2D eigenvalue weighted by atomic mass is 16.5. The molecule has 0 heterocycles. The van der Waals surface area contributed by atoms with Gasteiger partial charge in [-0.15, -0.1) is 0 Å². The monoisotopic (exact) mass is 512 g/mol. The van der Waals surface area contributed by atoms with E-state index in [9.17, 15) is 4.79 Å². The largest absolute Gasteiger partial charge is 0.498 e. The number of benzene rings is 1. The van der Waals surface area contributed by atoms with Gasteiger partial charge in [-0.25, -0.2) is 0 Å². The number of aryl methyl sites for hydroxylation is 1. The predicted molar refractivity (Wildman–Crippen MR) is 152 cm³/mol. The van der Waals surface area contributed by atoms with Gasteiger partial charge in [0.1, 0.15) is 11.9 Å². The van der Waals surface area contributed by atoms with E-state index in [1.165, 1.54) is 62.7 Å². The fourth-order valence-electron chi connectivity index (χ4n) is 5.77. The lowest BCUT2D eigenvalue weighted by atomic mass is 9.74. The van der Waals surface area contributed by atoms with Crippen LogP contribution in [0.1, 0.15) is 122 Å². The van der Waals surface area contributed by atoms with Crippen molar-refractivity contribution in [1.82, 2.24) is 0 Å². The van der Waals surface area contributed by atoms with Gasteiger partial charge in [0.25, 0.3) is 0 Å². The van der Waals surface area contributed by atoms with Crippen LogP contribution in [0.2, 0.25) is 0 Å². The van der Waals surface area contributed by atoms with E-state index < -0.39 is 0 Å². The summed E-state index contributed by atoms with van der Waals surface area (Å²) in [6.07, 6.45) is 21.6. The zero-order chi connectivity index (χ0) is 26.1. The van der Waals surface area contributed by atoms with Crippen LogP contribution in [0, 0.1) is 18.8 Å². The molecule has 0 aliphatic heterocycles. The molecule has 37 heavy (non-hydrogen) atoms. The Morgan fingerprint density at radius 1 is 0.784 bits per heavy atom. The van der Waals surface area contributed by atoms with Crippen LogP contribution in [0.25, 0.3) is 0 Å². The van der Waals surface area contributed by atoms with E-state index in [1.807, 2.05) is 12.1 Å². The summed E-state index contributed by atoms with van der Waals surface area (Å²) >= 11 is 0. The van der Waals surface area contributed by atoms with Crippen molar-refractivity contribution in [2.45, 2.75) is 129 Å². The molecule has 0 N–H and O–H groups in total. The molecule has 1 aromatic rings. The van der Waals surface area contributed by atoms with E-state index in [0.717, 1.165) is 82.2 Å². The molecule has 4 heteroatoms. The molecule has 0 saturated heterocycles. The molecule has 1 fully saturated rings. The molecule has 1 aromatic carbocycles. The molecule has 2 aliphatic rings. The molecular formula is C33H52O4. The maximum Gasteiger partial charge on any atom is 0.306 e. The van der Waals surface area contributed by atoms with Crippen LogP contribution in [-0.4, -0.2) is 25.3 Å². The SMILES string of the molecule is CCCCCCCC(=O)OC1CCC(C2CC=C(OCCCCCCOc3ccc(C)cc3)CC2)CC1. The highest BCUT2D eigenvalue weighted by Gasteiger charge is 2.30. The second-order valence-electron chi connectivity index (χ2n) is 11.3. The molecular weight excluding hydrogens is 460 g/mol. The van der Waals surface area contributed by atoms with Crippen molar-refractivity contribution in [2.75, 3.05) is 13.2 Å². The Morgan fingerprint density at radius 2 is 1.46 bits per heavy atom. The third-order valence-corrected chi connectivity index (χ3v) is 8.19. The van der Waals surface area contributed by atoms with Crippen molar-refractivity contribution in [3.8, 4) is 5.75 Å². The van der Waals surface area contributed by atoms with Gasteiger partial charge in [-0.05, 0) is 108 Å². The van der Waals surface area contributed by atoms with Gasteiger partial charge in [0, 0.05) is 12.8 Å². The lowest BCUT2D eigenvalue weighted by Crippen LogP contribution is -2.28. The molecule has 0 spiro atoms. The number of ether oxygens (including phenoxy) is 3. The Labute approximate surface area is 226 Å². The number of carbonyl (C=O) groups excluding carboxylic acids is 1. The average molecular weight is 513 g/mol. The van der Waals surface area contributed by atoms with Crippen LogP contribution >= 0.6 is 0 Å². The average Bonchev–Trinajstić information content (AvgIpc) is 2.92. The first kappa shape index (κ1) is 29.6. The number of hydrogen-bond donors (Lipinski definition) is 0. The van der Waals surface area contributed by atoms with Crippen LogP contribution in [-0.2, 0) is 14.3 Å². The topological polar surface area (TPSA) is 44.8 Å². The third-order valence-electron chi connectivity index (χ3n) is 8.19. The predicted octanol–water partition coefficient (Wildman–Crippen LogP) is 9.10. The summed E-state index contributed by atoms with van der Waals surface area (Å²) in [5, 5.41) is 0. The number of carbonyl (C=O) groups is 1. The standard InChI is InChI=1S/C33H52O4/c1-3-4-5-6-9-12-33(34)37-32-23-17-29(18-24-32)28-15-21-31(22-16-28)36-26-11-8-7-10-25-35-30-19-13-27(2)14-20-30/h13-14,19-21,28-29,32H,3-12,15-18,22-26H2,1-2H3. The molecule has 0 aromatic heterocycles. The molecule has 2 aliphatic carbocycles. The first-order valence-corrected chi connectivity index (χ1v) is 15.3. The van der Waals surface area contributed by atoms with E-state index in [0.29, 0.717) is 6.42 Å². The third kappa shape index (κ3) is 12.0. The summed E-state index contributed by atoms with van der Waals surface area (Å²) in [6.45, 7) is 5.94. The molecule has 0 bridgehead atoms. The smallest absolute Gasteiger partial charge is 0.306 e. The molecule has 1 unspecified atom stereocenters. The number of rotatable bonds is 17. The van der Waals surface area contributed by atoms with Crippen LogP contribution in [0.5, 0.6) is 5.75 Å². The quantitative estimate of drug-likeness (QED) is 0.154. The molecule has 0 radical (unpaired) electrons. The Kier molecular flexibility index (Phi) is 14.0. The van der Waals surface area contributed by atoms with Gasteiger partial charge in [-0.3, -0.25) is 4.79 Å². The van der Waals surface area contributed by atoms with Gasteiger partial charge in [0.05, 0.1) is 19.0 Å². The zero-order valence-corrected chi connectivity index (χ0v) is 23.7. The van der Waals surface area contributed by atoms with Gasteiger partial charge >= 0.3 is 5.97 Å². The second kappa shape index (κ2) is 17.5. The van der Waals surface area contributed by atoms with E-state index in [1.54, 1.807) is 0 Å². The molecule has 3 rings (SSSR count). The highest BCUT2D eigenvalue weighted by molar-refractivity contribution is 5.69. The normalized spacial score (nSPS) is 21.8. The molecule has 208 valence electrons. The number of hydrogen-bond acceptors (Lipinski definition) is 4. The molecule has 1 atom stereocenters. The number of unbranched alkanes of at least 4 members (excludes halogenated alkanes) is 7. The Balaban J connectivity index is 1.17. The fraction of sp³-hybridized carbons (Fsp3) is 0.727. The Bertz CT molecular complexity index is 776. The summed E-state index contributed by atoms with van der Waals surface area (Å²) < 4.78 is 17.7. The summed E-state index contributed by atoms with van der Waals surface area (Å²) in [5.41, 5.74) is 1.27. The van der Waals surface area contributed by atoms with Crippen molar-refractivity contribution in [3.63, 3.8) is 0 Å². The van der Waals surface area contributed by atoms with Crippen molar-refractivity contribution in [3.05, 3.63) is 41.7 Å². The number of esters is 1. The van der Waals surface area contributed by atoms with Crippen molar-refractivity contribution < 1.29 is 19.0 Å². The van der Waals surface area contributed by atoms with Crippen molar-refractivity contribution >= 4 is 5.97 Å². The minimum Gasteiger partial charge on any atom is -0.498 e. The fourth-order valence-corrected chi connectivity index (χ4v) is 5.77. The minimum atomic E-state index is 0.0259. The van der Waals surface area contributed by atoms with Gasteiger partial charge in [0.15, 0.2) is 0 Å². The van der Waals surface area contributed by atoms with Gasteiger partial charge < -0.3 is 14.2 Å². The number of allylic oxidation sites excluding steroid dienone is 2. The van der Waals surface area contributed by atoms with E-state index in [-0.39, 0.29) is 12.1 Å². The Morgan fingerprint density at radius 3 is 2.14 bits per heavy atom. The lowest BCUT2D eigenvalue weighted by Gasteiger charge is -2.35. The first-order valence-electron chi connectivity index (χ1n) is 15.3. The molecule has 4 nitrogen and oxygen atoms in total. The van der Waals surface area contributed by atoms with Crippen LogP contribution < -0.4 is 4.74 Å². The zero-order valence-electron chi connectivity index (χ0n) is 23.7. The molecule has 1 saturated carbocycles. The maximum atomic E-state index is 12.2. The second-order valence-corrected chi connectivity index (χ2v) is 11.3. The van der Waals surface area contributed by atoms with Crippen LogP contribution in [0.3, 0.4) is 0 Å². The van der Waals surface area contributed by atoms with Gasteiger partial charge in [-0.2, -0.15) is 0 Å². The van der Waals surface area contributed by atoms with Crippen molar-refractivity contribution in [1.29, 1.82) is 0 Å². The van der Waals surface area contributed by atoms with Crippen molar-refractivity contribution in [2.24, 2.45) is 11.8 Å². The summed E-state index contributed by atoms with van der Waals surface area (Å²) in [5.74, 6) is 3.76. The maximum absolute atomic E-state index is 12.2. The van der Waals surface area contributed by atoms with E-state index in [4.69, 9.17) is 14.2 Å². The summed E-state index contributed by atoms with van der Waals surface area (Å²) in [4.78, 5) is 12.2.